The molecule has 0 aliphatic rings. The van der Waals surface area contributed by atoms with E-state index in [0.29, 0.717) is 0 Å². The lowest BCUT2D eigenvalue weighted by atomic mass is 9.85. The molecule has 0 fully saturated rings. The zero-order valence-corrected chi connectivity index (χ0v) is 15.8. The molecule has 0 aromatic heterocycles. The molecule has 0 aliphatic heterocycles. The number of ether oxygens (including phenoxy) is 2. The number of benzene rings is 3. The van der Waals surface area contributed by atoms with Gasteiger partial charge in [0.05, 0.1) is 14.2 Å². The molecule has 0 atom stereocenters. The Hall–Kier alpha value is -2.94. The van der Waals surface area contributed by atoms with Crippen LogP contribution in [-0.4, -0.2) is 28.3 Å². The summed E-state index contributed by atoms with van der Waals surface area (Å²) in [5.74, 6) is 1.89. The minimum atomic E-state index is 0.156. The molecule has 0 radical (unpaired) electrons. The first-order valence-corrected chi connectivity index (χ1v) is 8.67. The second kappa shape index (κ2) is 7.96. The summed E-state index contributed by atoms with van der Waals surface area (Å²) >= 11 is 0. The van der Waals surface area contributed by atoms with E-state index < -0.39 is 0 Å². The topological polar surface area (TPSA) is 21.7 Å². The molecule has 0 bridgehead atoms. The maximum absolute atomic E-state index is 5.31. The molecule has 3 nitrogen and oxygen atoms in total. The highest BCUT2D eigenvalue weighted by atomic mass is 16.5. The third-order valence-electron chi connectivity index (χ3n) is 4.64. The van der Waals surface area contributed by atoms with E-state index in [1.807, 2.05) is 24.3 Å². The fourth-order valence-corrected chi connectivity index (χ4v) is 3.13. The molecule has 3 aromatic carbocycles. The molecule has 0 N–H and O–H groups in total. The summed E-state index contributed by atoms with van der Waals surface area (Å²) in [5, 5.41) is 0. The lowest BCUT2D eigenvalue weighted by Gasteiger charge is -2.21. The van der Waals surface area contributed by atoms with E-state index in [4.69, 9.17) is 9.47 Å². The van der Waals surface area contributed by atoms with Gasteiger partial charge in [0, 0.05) is 25.7 Å². The summed E-state index contributed by atoms with van der Waals surface area (Å²) in [6, 6.07) is 25.3. The Morgan fingerprint density at radius 2 is 0.923 bits per heavy atom. The molecule has 0 unspecified atom stereocenters. The lowest BCUT2D eigenvalue weighted by molar-refractivity contribution is 0.414. The molecule has 3 aromatic rings. The summed E-state index contributed by atoms with van der Waals surface area (Å²) in [7, 11) is 7.49. The van der Waals surface area contributed by atoms with Crippen LogP contribution in [0.5, 0.6) is 11.5 Å². The maximum Gasteiger partial charge on any atom is 0.118 e. The van der Waals surface area contributed by atoms with Crippen molar-refractivity contribution in [1.29, 1.82) is 0 Å². The predicted molar refractivity (Wildman–Crippen MR) is 108 cm³/mol. The lowest BCUT2D eigenvalue weighted by Crippen LogP contribution is -2.09. The van der Waals surface area contributed by atoms with Crippen LogP contribution in [0.3, 0.4) is 0 Å². The smallest absolute Gasteiger partial charge is 0.118 e. The average Bonchev–Trinajstić information content (AvgIpc) is 2.69. The molecule has 134 valence electrons. The first-order valence-electron chi connectivity index (χ1n) is 8.67. The summed E-state index contributed by atoms with van der Waals surface area (Å²) < 4.78 is 10.6. The first kappa shape index (κ1) is 17.9. The van der Waals surface area contributed by atoms with Gasteiger partial charge >= 0.3 is 0 Å². The van der Waals surface area contributed by atoms with Gasteiger partial charge in [0.1, 0.15) is 11.5 Å². The molecule has 0 saturated heterocycles. The Balaban J connectivity index is 2.04. The van der Waals surface area contributed by atoms with Crippen molar-refractivity contribution in [3.8, 4) is 11.5 Å². The van der Waals surface area contributed by atoms with Crippen LogP contribution in [0.1, 0.15) is 22.6 Å². The van der Waals surface area contributed by atoms with E-state index >= 15 is 0 Å². The van der Waals surface area contributed by atoms with Gasteiger partial charge in [-0.1, -0.05) is 36.4 Å². The van der Waals surface area contributed by atoms with E-state index in [1.54, 1.807) is 14.2 Å². The van der Waals surface area contributed by atoms with E-state index in [1.165, 1.54) is 22.4 Å². The van der Waals surface area contributed by atoms with Crippen LogP contribution in [0, 0.1) is 0 Å². The maximum atomic E-state index is 5.31. The van der Waals surface area contributed by atoms with E-state index in [2.05, 4.69) is 67.5 Å². The number of rotatable bonds is 6. The van der Waals surface area contributed by atoms with Gasteiger partial charge in [-0.15, -0.1) is 0 Å². The zero-order valence-electron chi connectivity index (χ0n) is 15.8. The number of hydrogen-bond acceptors (Lipinski definition) is 3. The normalized spacial score (nSPS) is 10.7. The Bertz CT molecular complexity index is 774. The Kier molecular flexibility index (Phi) is 5.47. The third-order valence-corrected chi connectivity index (χ3v) is 4.64. The summed E-state index contributed by atoms with van der Waals surface area (Å²) in [6.45, 7) is 0. The van der Waals surface area contributed by atoms with Crippen LogP contribution in [0.4, 0.5) is 5.69 Å². The average molecular weight is 347 g/mol. The van der Waals surface area contributed by atoms with Gasteiger partial charge in [0.15, 0.2) is 0 Å². The van der Waals surface area contributed by atoms with Gasteiger partial charge in [-0.05, 0) is 53.1 Å². The van der Waals surface area contributed by atoms with Gasteiger partial charge < -0.3 is 14.4 Å². The minimum absolute atomic E-state index is 0.156. The molecule has 0 amide bonds. The number of methoxy groups -OCH3 is 2. The summed E-state index contributed by atoms with van der Waals surface area (Å²) in [6.07, 6.45) is 0. The Morgan fingerprint density at radius 3 is 1.23 bits per heavy atom. The Labute approximate surface area is 155 Å². The van der Waals surface area contributed by atoms with Crippen LogP contribution in [0.25, 0.3) is 0 Å². The highest BCUT2D eigenvalue weighted by Crippen LogP contribution is 2.34. The highest BCUT2D eigenvalue weighted by Gasteiger charge is 2.17. The molecular weight excluding hydrogens is 322 g/mol. The van der Waals surface area contributed by atoms with Crippen molar-refractivity contribution in [3.05, 3.63) is 89.5 Å². The molecular formula is C23H25NO2. The molecule has 3 heteroatoms. The number of nitrogens with zero attached hydrogens (tertiary/aromatic N) is 1. The fraction of sp³-hybridized carbons (Fsp3) is 0.217. The molecule has 0 saturated carbocycles. The van der Waals surface area contributed by atoms with Crippen molar-refractivity contribution < 1.29 is 9.47 Å². The minimum Gasteiger partial charge on any atom is -0.497 e. The van der Waals surface area contributed by atoms with Crippen LogP contribution in [0.15, 0.2) is 72.8 Å². The van der Waals surface area contributed by atoms with E-state index in [9.17, 15) is 0 Å². The molecule has 0 aliphatic carbocycles. The van der Waals surface area contributed by atoms with Gasteiger partial charge in [-0.25, -0.2) is 0 Å². The zero-order chi connectivity index (χ0) is 18.5. The second-order valence-corrected chi connectivity index (χ2v) is 6.47. The monoisotopic (exact) mass is 347 g/mol. The van der Waals surface area contributed by atoms with E-state index in [0.717, 1.165) is 11.5 Å². The molecule has 3 rings (SSSR count). The Morgan fingerprint density at radius 1 is 0.577 bits per heavy atom. The third kappa shape index (κ3) is 3.83. The molecule has 0 heterocycles. The van der Waals surface area contributed by atoms with Crippen molar-refractivity contribution in [1.82, 2.24) is 0 Å². The number of anilines is 1. The van der Waals surface area contributed by atoms with Crippen molar-refractivity contribution in [2.24, 2.45) is 0 Å². The van der Waals surface area contributed by atoms with Crippen LogP contribution in [-0.2, 0) is 0 Å². The number of hydrogen-bond donors (Lipinski definition) is 0. The largest absolute Gasteiger partial charge is 0.497 e. The van der Waals surface area contributed by atoms with Crippen molar-refractivity contribution >= 4 is 5.69 Å². The van der Waals surface area contributed by atoms with Gasteiger partial charge in [-0.3, -0.25) is 0 Å². The van der Waals surface area contributed by atoms with Crippen LogP contribution in [0.2, 0.25) is 0 Å². The quantitative estimate of drug-likeness (QED) is 0.589. The van der Waals surface area contributed by atoms with Crippen molar-refractivity contribution in [3.63, 3.8) is 0 Å². The van der Waals surface area contributed by atoms with Crippen LogP contribution < -0.4 is 14.4 Å². The predicted octanol–water partition coefficient (Wildman–Crippen LogP) is 4.95. The highest BCUT2D eigenvalue weighted by molar-refractivity contribution is 5.51. The fourth-order valence-electron chi connectivity index (χ4n) is 3.13. The van der Waals surface area contributed by atoms with E-state index in [-0.39, 0.29) is 5.92 Å². The molecule has 26 heavy (non-hydrogen) atoms. The summed E-state index contributed by atoms with van der Waals surface area (Å²) in [4.78, 5) is 2.11. The van der Waals surface area contributed by atoms with Crippen LogP contribution >= 0.6 is 0 Å². The first-order chi connectivity index (χ1) is 12.6. The molecule has 0 spiro atoms. The van der Waals surface area contributed by atoms with Gasteiger partial charge in [0.2, 0.25) is 0 Å². The summed E-state index contributed by atoms with van der Waals surface area (Å²) in [5.41, 5.74) is 4.91. The van der Waals surface area contributed by atoms with Crippen molar-refractivity contribution in [2.45, 2.75) is 5.92 Å². The standard InChI is InChI=1S/C23H25NO2/c1-24(2)20-11-5-17(6-12-20)23(18-7-13-21(25-3)14-8-18)19-9-15-22(26-4)16-10-19/h5-16,23H,1-4H3. The van der Waals surface area contributed by atoms with Crippen molar-refractivity contribution in [2.75, 3.05) is 33.2 Å². The van der Waals surface area contributed by atoms with Gasteiger partial charge in [0.25, 0.3) is 0 Å². The second-order valence-electron chi connectivity index (χ2n) is 6.47. The van der Waals surface area contributed by atoms with Gasteiger partial charge in [-0.2, -0.15) is 0 Å². The SMILES string of the molecule is COc1ccc(C(c2ccc(OC)cc2)c2ccc(N(C)C)cc2)cc1.